The van der Waals surface area contributed by atoms with Crippen molar-refractivity contribution in [2.75, 3.05) is 20.4 Å². The fourth-order valence-electron chi connectivity index (χ4n) is 3.81. The van der Waals surface area contributed by atoms with Crippen LogP contribution in [0, 0.1) is 5.92 Å². The normalized spacial score (nSPS) is 26.8. The van der Waals surface area contributed by atoms with Gasteiger partial charge < -0.3 is 19.5 Å². The molecule has 0 amide bonds. The van der Waals surface area contributed by atoms with Crippen LogP contribution in [0.3, 0.4) is 0 Å². The van der Waals surface area contributed by atoms with Crippen LogP contribution in [0.25, 0.3) is 0 Å². The number of nitrogens with zero attached hydrogens (tertiary/aromatic N) is 1. The monoisotopic (exact) mass is 331 g/mol. The molecule has 1 saturated heterocycles. The van der Waals surface area contributed by atoms with Gasteiger partial charge in [-0.15, -0.1) is 0 Å². The number of rotatable bonds is 5. The van der Waals surface area contributed by atoms with Crippen LogP contribution < -0.4 is 9.47 Å². The number of likely N-dealkylation sites (N-methyl/N-ethyl adjacent to an activating group) is 1. The Morgan fingerprint density at radius 3 is 2.83 bits per heavy atom. The first-order chi connectivity index (χ1) is 11.5. The van der Waals surface area contributed by atoms with Gasteiger partial charge in [0.1, 0.15) is 0 Å². The summed E-state index contributed by atoms with van der Waals surface area (Å²) >= 11 is 0. The molecule has 0 bridgehead atoms. The molecule has 1 aromatic carbocycles. The van der Waals surface area contributed by atoms with E-state index in [0.717, 1.165) is 30.7 Å². The summed E-state index contributed by atoms with van der Waals surface area (Å²) in [4.78, 5) is 14.2. The van der Waals surface area contributed by atoms with Crippen molar-refractivity contribution in [3.05, 3.63) is 35.4 Å². The van der Waals surface area contributed by atoms with E-state index in [1.165, 1.54) is 5.57 Å². The van der Waals surface area contributed by atoms with Crippen molar-refractivity contribution in [3.63, 3.8) is 0 Å². The highest BCUT2D eigenvalue weighted by molar-refractivity contribution is 5.73. The lowest BCUT2D eigenvalue weighted by molar-refractivity contribution is -0.143. The average Bonchev–Trinajstić information content (AvgIpc) is 3.15. The van der Waals surface area contributed by atoms with Crippen LogP contribution >= 0.6 is 0 Å². The van der Waals surface area contributed by atoms with E-state index in [1.54, 1.807) is 0 Å². The SMILES string of the molecule is CC=C(C)CCC1C(C(=O)O)C(c2ccc3c(c2)OCO3)CN1C. The Kier molecular flexibility index (Phi) is 4.81. The molecule has 5 heteroatoms. The van der Waals surface area contributed by atoms with E-state index in [-0.39, 0.29) is 18.8 Å². The van der Waals surface area contributed by atoms with Gasteiger partial charge in [0, 0.05) is 18.5 Å². The number of carboxylic acids is 1. The first kappa shape index (κ1) is 16.8. The summed E-state index contributed by atoms with van der Waals surface area (Å²) in [5, 5.41) is 9.85. The number of aliphatic carboxylic acids is 1. The largest absolute Gasteiger partial charge is 0.481 e. The molecule has 2 heterocycles. The third-order valence-electron chi connectivity index (χ3n) is 5.34. The Bertz CT molecular complexity index is 655. The molecule has 0 radical (unpaired) electrons. The molecule has 24 heavy (non-hydrogen) atoms. The van der Waals surface area contributed by atoms with Crippen LogP contribution in [0.2, 0.25) is 0 Å². The zero-order chi connectivity index (χ0) is 17.3. The predicted octanol–water partition coefficient (Wildman–Crippen LogP) is 3.26. The zero-order valence-corrected chi connectivity index (χ0v) is 14.5. The van der Waals surface area contributed by atoms with Crippen molar-refractivity contribution in [3.8, 4) is 11.5 Å². The standard InChI is InChI=1S/C19H25NO4/c1-4-12(2)5-7-15-18(19(21)22)14(10-20(15)3)13-6-8-16-17(9-13)24-11-23-16/h4,6,8-9,14-15,18H,5,7,10-11H2,1-3H3,(H,21,22). The number of fused-ring (bicyclic) bond motifs is 1. The maximum atomic E-state index is 12.0. The molecule has 5 nitrogen and oxygen atoms in total. The summed E-state index contributed by atoms with van der Waals surface area (Å²) < 4.78 is 10.8. The highest BCUT2D eigenvalue weighted by atomic mass is 16.7. The van der Waals surface area contributed by atoms with Gasteiger partial charge in [0.15, 0.2) is 11.5 Å². The second kappa shape index (κ2) is 6.85. The third-order valence-corrected chi connectivity index (χ3v) is 5.34. The fourth-order valence-corrected chi connectivity index (χ4v) is 3.81. The number of hydrogen-bond acceptors (Lipinski definition) is 4. The van der Waals surface area contributed by atoms with Crippen molar-refractivity contribution >= 4 is 5.97 Å². The lowest BCUT2D eigenvalue weighted by atomic mass is 9.83. The van der Waals surface area contributed by atoms with Gasteiger partial charge in [-0.3, -0.25) is 4.79 Å². The summed E-state index contributed by atoms with van der Waals surface area (Å²) in [6, 6.07) is 5.85. The molecular formula is C19H25NO4. The zero-order valence-electron chi connectivity index (χ0n) is 14.5. The predicted molar refractivity (Wildman–Crippen MR) is 91.5 cm³/mol. The maximum absolute atomic E-state index is 12.0. The Labute approximate surface area is 142 Å². The van der Waals surface area contributed by atoms with Crippen LogP contribution in [-0.4, -0.2) is 42.4 Å². The van der Waals surface area contributed by atoms with Crippen molar-refractivity contribution in [2.24, 2.45) is 5.92 Å². The minimum Gasteiger partial charge on any atom is -0.481 e. The molecule has 0 saturated carbocycles. The minimum atomic E-state index is -0.717. The average molecular weight is 331 g/mol. The van der Waals surface area contributed by atoms with E-state index >= 15 is 0 Å². The summed E-state index contributed by atoms with van der Waals surface area (Å²) in [5.74, 6) is 0.299. The molecule has 1 fully saturated rings. The molecular weight excluding hydrogens is 306 g/mol. The second-order valence-electron chi connectivity index (χ2n) is 6.76. The minimum absolute atomic E-state index is 0.0297. The molecule has 2 aliphatic rings. The van der Waals surface area contributed by atoms with Gasteiger partial charge in [-0.1, -0.05) is 17.7 Å². The van der Waals surface area contributed by atoms with Gasteiger partial charge >= 0.3 is 5.97 Å². The molecule has 3 unspecified atom stereocenters. The lowest BCUT2D eigenvalue weighted by Gasteiger charge is -2.23. The number of benzene rings is 1. The van der Waals surface area contributed by atoms with E-state index in [9.17, 15) is 9.90 Å². The molecule has 0 spiro atoms. The molecule has 1 N–H and O–H groups in total. The molecule has 130 valence electrons. The van der Waals surface area contributed by atoms with E-state index in [0.29, 0.717) is 5.75 Å². The van der Waals surface area contributed by atoms with Gasteiger partial charge in [0.25, 0.3) is 0 Å². The number of hydrogen-bond donors (Lipinski definition) is 1. The molecule has 1 aromatic rings. The van der Waals surface area contributed by atoms with E-state index < -0.39 is 11.9 Å². The Balaban J connectivity index is 1.84. The molecule has 0 aliphatic carbocycles. The van der Waals surface area contributed by atoms with Gasteiger partial charge in [-0.25, -0.2) is 0 Å². The second-order valence-corrected chi connectivity index (χ2v) is 6.76. The van der Waals surface area contributed by atoms with E-state index in [1.807, 2.05) is 32.2 Å². The van der Waals surface area contributed by atoms with Crippen molar-refractivity contribution in [1.29, 1.82) is 0 Å². The molecule has 2 aliphatic heterocycles. The number of allylic oxidation sites excluding steroid dienone is 2. The third kappa shape index (κ3) is 3.13. The summed E-state index contributed by atoms with van der Waals surface area (Å²) in [6.07, 6.45) is 3.90. The summed E-state index contributed by atoms with van der Waals surface area (Å²) in [7, 11) is 2.03. The maximum Gasteiger partial charge on any atom is 0.308 e. The van der Waals surface area contributed by atoms with Crippen molar-refractivity contribution in [1.82, 2.24) is 4.90 Å². The Hall–Kier alpha value is -2.01. The Morgan fingerprint density at radius 1 is 1.38 bits per heavy atom. The van der Waals surface area contributed by atoms with Gasteiger partial charge in [-0.05, 0) is 51.4 Å². The van der Waals surface area contributed by atoms with Gasteiger partial charge in [0.05, 0.1) is 5.92 Å². The van der Waals surface area contributed by atoms with E-state index in [4.69, 9.17) is 9.47 Å². The summed E-state index contributed by atoms with van der Waals surface area (Å²) in [5.41, 5.74) is 2.32. The molecule has 0 aromatic heterocycles. The molecule has 3 rings (SSSR count). The van der Waals surface area contributed by atoms with E-state index in [2.05, 4.69) is 17.9 Å². The van der Waals surface area contributed by atoms with Crippen molar-refractivity contribution in [2.45, 2.75) is 38.6 Å². The van der Waals surface area contributed by atoms with Crippen molar-refractivity contribution < 1.29 is 19.4 Å². The van der Waals surface area contributed by atoms with Gasteiger partial charge in [0.2, 0.25) is 6.79 Å². The van der Waals surface area contributed by atoms with Crippen LogP contribution in [0.15, 0.2) is 29.8 Å². The quantitative estimate of drug-likeness (QED) is 0.839. The smallest absolute Gasteiger partial charge is 0.308 e. The highest BCUT2D eigenvalue weighted by Crippen LogP contribution is 2.42. The van der Waals surface area contributed by atoms with Gasteiger partial charge in [-0.2, -0.15) is 0 Å². The number of likely N-dealkylation sites (tertiary alicyclic amines) is 1. The number of carboxylic acid groups (broad SMARTS) is 1. The summed E-state index contributed by atoms with van der Waals surface area (Å²) in [6.45, 7) is 5.10. The Morgan fingerprint density at radius 2 is 2.12 bits per heavy atom. The first-order valence-electron chi connectivity index (χ1n) is 8.45. The first-order valence-corrected chi connectivity index (χ1v) is 8.45. The van der Waals surface area contributed by atoms with Crippen LogP contribution in [-0.2, 0) is 4.79 Å². The number of ether oxygens (including phenoxy) is 2. The van der Waals surface area contributed by atoms with Crippen LogP contribution in [0.4, 0.5) is 0 Å². The van der Waals surface area contributed by atoms with Crippen LogP contribution in [0.1, 0.15) is 38.2 Å². The molecule has 3 atom stereocenters. The lowest BCUT2D eigenvalue weighted by Crippen LogP contribution is -2.33. The number of carbonyl (C=O) groups is 1. The van der Waals surface area contributed by atoms with Crippen LogP contribution in [0.5, 0.6) is 11.5 Å². The highest BCUT2D eigenvalue weighted by Gasteiger charge is 2.45. The topological polar surface area (TPSA) is 59.0 Å². The fraction of sp³-hybridized carbons (Fsp3) is 0.526.